The Kier molecular flexibility index (Phi) is 12.8. The Morgan fingerprint density at radius 2 is 1.32 bits per heavy atom. The monoisotopic (exact) mass is 606 g/mol. The molecule has 1 unspecified atom stereocenters. The molecule has 0 spiro atoms. The number of carbonyl (C=O) groups excluding carboxylic acids is 5. The van der Waals surface area contributed by atoms with E-state index in [0.29, 0.717) is 0 Å². The van der Waals surface area contributed by atoms with Crippen LogP contribution in [0.5, 0.6) is 5.75 Å². The molecule has 1 atom stereocenters. The number of ether oxygens (including phenoxy) is 3. The van der Waals surface area contributed by atoms with Gasteiger partial charge in [-0.25, -0.2) is 9.59 Å². The van der Waals surface area contributed by atoms with E-state index in [-0.39, 0.29) is 37.5 Å². The van der Waals surface area contributed by atoms with Gasteiger partial charge < -0.3 is 30.2 Å². The lowest BCUT2D eigenvalue weighted by molar-refractivity contribution is -0.384. The number of rotatable bonds is 15. The Morgan fingerprint density at radius 3 is 1.91 bits per heavy atom. The molecule has 14 nitrogen and oxygen atoms in total. The normalized spacial score (nSPS) is 10.9. The van der Waals surface area contributed by atoms with Gasteiger partial charge in [-0.1, -0.05) is 60.7 Å². The van der Waals surface area contributed by atoms with E-state index in [1.165, 1.54) is 12.1 Å². The molecule has 3 aromatic rings. The number of hydrogen-bond donors (Lipinski definition) is 3. The predicted octanol–water partition coefficient (Wildman–Crippen LogP) is 2.55. The van der Waals surface area contributed by atoms with Crippen LogP contribution in [0.15, 0.2) is 84.9 Å². The van der Waals surface area contributed by atoms with E-state index in [1.807, 2.05) is 6.07 Å². The largest absolute Gasteiger partial charge is 0.461 e. The molecule has 0 radical (unpaired) electrons. The maximum absolute atomic E-state index is 12.9. The standard InChI is InChI=1S/C30H30N4O10/c35-26(31-18-28(37)44-24-13-11-23(12-14-24)34(40)41)17-32-29(38)25(33-30(39)43-20-22-9-5-2-6-10-22)15-16-27(36)42-19-21-7-3-1-4-8-21/h1-14,25H,15-20H2,(H,31,35)(H,32,38)(H,33,39). The lowest BCUT2D eigenvalue weighted by Crippen LogP contribution is -2.49. The number of amides is 3. The fourth-order valence-electron chi connectivity index (χ4n) is 3.58. The molecule has 0 bridgehead atoms. The zero-order valence-electron chi connectivity index (χ0n) is 23.4. The van der Waals surface area contributed by atoms with Gasteiger partial charge >= 0.3 is 18.0 Å². The average Bonchev–Trinajstić information content (AvgIpc) is 3.03. The fraction of sp³-hybridized carbons (Fsp3) is 0.233. The van der Waals surface area contributed by atoms with Gasteiger partial charge in [0, 0.05) is 18.6 Å². The Bertz CT molecular complexity index is 1430. The molecule has 0 aliphatic heterocycles. The van der Waals surface area contributed by atoms with E-state index in [1.54, 1.807) is 54.6 Å². The van der Waals surface area contributed by atoms with Crippen LogP contribution in [0.4, 0.5) is 10.5 Å². The second-order valence-electron chi connectivity index (χ2n) is 9.16. The van der Waals surface area contributed by atoms with Gasteiger partial charge in [-0.3, -0.25) is 24.5 Å². The van der Waals surface area contributed by atoms with Crippen LogP contribution in [-0.4, -0.2) is 53.9 Å². The number of non-ortho nitro benzene ring substituents is 1. The molecule has 0 fully saturated rings. The number of nitro benzene ring substituents is 1. The van der Waals surface area contributed by atoms with Crippen LogP contribution in [0.2, 0.25) is 0 Å². The van der Waals surface area contributed by atoms with E-state index < -0.39 is 53.9 Å². The third-order valence-corrected chi connectivity index (χ3v) is 5.83. The number of carbonyl (C=O) groups is 5. The first-order chi connectivity index (χ1) is 21.2. The van der Waals surface area contributed by atoms with E-state index in [4.69, 9.17) is 14.2 Å². The van der Waals surface area contributed by atoms with Gasteiger partial charge in [0.15, 0.2) is 0 Å². The summed E-state index contributed by atoms with van der Waals surface area (Å²) in [5.41, 5.74) is 1.31. The molecule has 3 N–H and O–H groups in total. The summed E-state index contributed by atoms with van der Waals surface area (Å²) in [5.74, 6) is -2.94. The maximum Gasteiger partial charge on any atom is 0.408 e. The van der Waals surface area contributed by atoms with Crippen LogP contribution >= 0.6 is 0 Å². The van der Waals surface area contributed by atoms with Crippen molar-refractivity contribution in [1.29, 1.82) is 0 Å². The minimum atomic E-state index is -1.25. The Morgan fingerprint density at radius 1 is 0.727 bits per heavy atom. The highest BCUT2D eigenvalue weighted by atomic mass is 16.6. The average molecular weight is 607 g/mol. The SMILES string of the molecule is O=C(CNC(=O)C(CCC(=O)OCc1ccccc1)NC(=O)OCc1ccccc1)NCC(=O)Oc1ccc([N+](=O)[O-])cc1. The number of esters is 2. The highest BCUT2D eigenvalue weighted by molar-refractivity contribution is 5.90. The van der Waals surface area contributed by atoms with Crippen molar-refractivity contribution in [3.8, 4) is 5.75 Å². The summed E-state index contributed by atoms with van der Waals surface area (Å²) in [5, 5.41) is 17.7. The van der Waals surface area contributed by atoms with Crippen molar-refractivity contribution in [2.45, 2.75) is 32.1 Å². The number of benzene rings is 3. The molecule has 0 saturated heterocycles. The molecular weight excluding hydrogens is 576 g/mol. The second-order valence-corrected chi connectivity index (χ2v) is 9.16. The molecule has 3 aromatic carbocycles. The zero-order chi connectivity index (χ0) is 31.7. The van der Waals surface area contributed by atoms with Crippen LogP contribution in [0.3, 0.4) is 0 Å². The predicted molar refractivity (Wildman–Crippen MR) is 154 cm³/mol. The molecule has 0 aromatic heterocycles. The topological polar surface area (TPSA) is 192 Å². The van der Waals surface area contributed by atoms with Crippen molar-refractivity contribution in [2.24, 2.45) is 0 Å². The Labute approximate surface area is 251 Å². The van der Waals surface area contributed by atoms with E-state index in [9.17, 15) is 34.1 Å². The summed E-state index contributed by atoms with van der Waals surface area (Å²) < 4.78 is 15.4. The van der Waals surface area contributed by atoms with E-state index >= 15 is 0 Å². The number of alkyl carbamates (subject to hydrolysis) is 1. The summed E-state index contributed by atoms with van der Waals surface area (Å²) in [6.07, 6.45) is -1.28. The first kappa shape index (κ1) is 32.7. The zero-order valence-corrected chi connectivity index (χ0v) is 23.4. The third kappa shape index (κ3) is 12.0. The Balaban J connectivity index is 1.47. The summed E-state index contributed by atoms with van der Waals surface area (Å²) in [7, 11) is 0. The fourth-order valence-corrected chi connectivity index (χ4v) is 3.58. The summed E-state index contributed by atoms with van der Waals surface area (Å²) in [4.78, 5) is 71.9. The van der Waals surface area contributed by atoms with Crippen molar-refractivity contribution in [3.63, 3.8) is 0 Å². The lowest BCUT2D eigenvalue weighted by Gasteiger charge is -2.18. The Hall–Kier alpha value is -5.79. The smallest absolute Gasteiger partial charge is 0.408 e. The van der Waals surface area contributed by atoms with Crippen LogP contribution in [-0.2, 0) is 41.9 Å². The molecule has 0 aliphatic carbocycles. The van der Waals surface area contributed by atoms with Gasteiger partial charge in [0.2, 0.25) is 11.8 Å². The quantitative estimate of drug-likeness (QED) is 0.100. The number of nitrogens with zero attached hydrogens (tertiary/aromatic N) is 1. The molecule has 44 heavy (non-hydrogen) atoms. The molecule has 0 saturated carbocycles. The van der Waals surface area contributed by atoms with Crippen molar-refractivity contribution < 1.29 is 43.1 Å². The van der Waals surface area contributed by atoms with Gasteiger partial charge in [0.1, 0.15) is 31.5 Å². The molecule has 0 aliphatic rings. The van der Waals surface area contributed by atoms with Crippen molar-refractivity contribution in [2.75, 3.05) is 13.1 Å². The minimum Gasteiger partial charge on any atom is -0.461 e. The summed E-state index contributed by atoms with van der Waals surface area (Å²) in [6.45, 7) is -1.12. The van der Waals surface area contributed by atoms with Crippen molar-refractivity contribution >= 4 is 35.5 Å². The van der Waals surface area contributed by atoms with Crippen molar-refractivity contribution in [1.82, 2.24) is 16.0 Å². The molecule has 3 rings (SSSR count). The second kappa shape index (κ2) is 17.2. The number of hydrogen-bond acceptors (Lipinski definition) is 10. The molecule has 14 heteroatoms. The first-order valence-corrected chi connectivity index (χ1v) is 13.4. The van der Waals surface area contributed by atoms with Crippen LogP contribution in [0, 0.1) is 10.1 Å². The van der Waals surface area contributed by atoms with Crippen molar-refractivity contribution in [3.05, 3.63) is 106 Å². The van der Waals surface area contributed by atoms with Crippen LogP contribution in [0.25, 0.3) is 0 Å². The summed E-state index contributed by atoms with van der Waals surface area (Å²) >= 11 is 0. The molecule has 230 valence electrons. The highest BCUT2D eigenvalue weighted by Gasteiger charge is 2.24. The van der Waals surface area contributed by atoms with Gasteiger partial charge in [-0.15, -0.1) is 0 Å². The number of nitrogens with one attached hydrogen (secondary N) is 3. The maximum atomic E-state index is 12.9. The number of nitro groups is 1. The van der Waals surface area contributed by atoms with Gasteiger partial charge in [0.05, 0.1) is 11.5 Å². The van der Waals surface area contributed by atoms with Gasteiger partial charge in [-0.05, 0) is 29.7 Å². The van der Waals surface area contributed by atoms with E-state index in [2.05, 4.69) is 16.0 Å². The van der Waals surface area contributed by atoms with Gasteiger partial charge in [0.25, 0.3) is 5.69 Å². The lowest BCUT2D eigenvalue weighted by atomic mass is 10.1. The highest BCUT2D eigenvalue weighted by Crippen LogP contribution is 2.17. The molecule has 3 amide bonds. The first-order valence-electron chi connectivity index (χ1n) is 13.4. The van der Waals surface area contributed by atoms with E-state index in [0.717, 1.165) is 23.3 Å². The minimum absolute atomic E-state index is 0.0376. The van der Waals surface area contributed by atoms with Crippen LogP contribution in [0.1, 0.15) is 24.0 Å². The van der Waals surface area contributed by atoms with Crippen LogP contribution < -0.4 is 20.7 Å². The molecule has 0 heterocycles. The summed E-state index contributed by atoms with van der Waals surface area (Å²) in [6, 6.07) is 21.4. The van der Waals surface area contributed by atoms with Gasteiger partial charge in [-0.2, -0.15) is 0 Å². The third-order valence-electron chi connectivity index (χ3n) is 5.83. The molecular formula is C30H30N4O10.